The van der Waals surface area contributed by atoms with Crippen molar-refractivity contribution in [1.29, 1.82) is 0 Å². The molecule has 0 spiro atoms. The van der Waals surface area contributed by atoms with E-state index in [-0.39, 0.29) is 11.3 Å². The minimum absolute atomic E-state index is 0.141. The third-order valence-electron chi connectivity index (χ3n) is 10.7. The average molecular weight is 415 g/mol. The molecule has 30 heavy (non-hydrogen) atoms. The molecule has 0 radical (unpaired) electrons. The van der Waals surface area contributed by atoms with Crippen LogP contribution < -0.4 is 0 Å². The molecule has 0 saturated heterocycles. The Kier molecular flexibility index (Phi) is 6.19. The lowest BCUT2D eigenvalue weighted by Gasteiger charge is -2.58. The highest BCUT2D eigenvalue weighted by molar-refractivity contribution is 5.70. The van der Waals surface area contributed by atoms with E-state index >= 15 is 0 Å². The highest BCUT2D eigenvalue weighted by Gasteiger charge is 2.59. The van der Waals surface area contributed by atoms with E-state index in [0.29, 0.717) is 5.41 Å². The minimum Gasteiger partial charge on any atom is -0.481 e. The van der Waals surface area contributed by atoms with Crippen LogP contribution in [0.3, 0.4) is 0 Å². The monoisotopic (exact) mass is 414 g/mol. The molecule has 0 aromatic rings. The summed E-state index contributed by atoms with van der Waals surface area (Å²) in [5.41, 5.74) is 2.32. The lowest BCUT2D eigenvalue weighted by molar-refractivity contribution is -0.143. The number of carboxylic acids is 1. The Morgan fingerprint density at radius 2 is 1.83 bits per heavy atom. The quantitative estimate of drug-likeness (QED) is 0.451. The lowest BCUT2D eigenvalue weighted by atomic mass is 9.46. The van der Waals surface area contributed by atoms with Gasteiger partial charge in [0.2, 0.25) is 0 Å². The van der Waals surface area contributed by atoms with E-state index in [1.807, 2.05) is 0 Å². The second kappa shape index (κ2) is 8.28. The number of aliphatic carboxylic acids is 1. The summed E-state index contributed by atoms with van der Waals surface area (Å²) in [6, 6.07) is 0. The van der Waals surface area contributed by atoms with Crippen LogP contribution in [0.1, 0.15) is 105 Å². The van der Waals surface area contributed by atoms with Crippen LogP contribution in [-0.4, -0.2) is 11.1 Å². The fourth-order valence-electron chi connectivity index (χ4n) is 8.90. The number of hydrogen-bond acceptors (Lipinski definition) is 1. The van der Waals surface area contributed by atoms with Crippen molar-refractivity contribution in [2.75, 3.05) is 0 Å². The smallest absolute Gasteiger partial charge is 0.306 e. The van der Waals surface area contributed by atoms with E-state index < -0.39 is 5.97 Å². The first-order valence-corrected chi connectivity index (χ1v) is 13.1. The molecular weight excluding hydrogens is 368 g/mol. The molecule has 2 heteroatoms. The first kappa shape index (κ1) is 22.4. The number of rotatable bonds is 6. The summed E-state index contributed by atoms with van der Waals surface area (Å²) in [7, 11) is 0. The molecule has 170 valence electrons. The van der Waals surface area contributed by atoms with Crippen molar-refractivity contribution in [1.82, 2.24) is 0 Å². The Hall–Kier alpha value is -0.790. The molecule has 0 aromatic heterocycles. The van der Waals surface area contributed by atoms with Crippen LogP contribution >= 0.6 is 0 Å². The second-order valence-corrected chi connectivity index (χ2v) is 12.6. The molecule has 0 heterocycles. The third kappa shape index (κ3) is 3.69. The topological polar surface area (TPSA) is 37.3 Å². The van der Waals surface area contributed by atoms with E-state index in [2.05, 4.69) is 40.7 Å². The largest absolute Gasteiger partial charge is 0.481 e. The first-order chi connectivity index (χ1) is 14.2. The zero-order chi connectivity index (χ0) is 21.7. The Balaban J connectivity index is 1.49. The van der Waals surface area contributed by atoms with Crippen LogP contribution in [-0.2, 0) is 4.79 Å². The molecule has 4 rings (SSSR count). The molecular formula is C28H46O2. The Bertz CT molecular complexity index is 678. The maximum absolute atomic E-state index is 11.6. The zero-order valence-corrected chi connectivity index (χ0v) is 20.3. The summed E-state index contributed by atoms with van der Waals surface area (Å²) < 4.78 is 0. The number of fused-ring (bicyclic) bond motifs is 5. The maximum atomic E-state index is 11.6. The molecule has 1 N–H and O–H groups in total. The summed E-state index contributed by atoms with van der Waals surface area (Å²) in [4.78, 5) is 11.6. The summed E-state index contributed by atoms with van der Waals surface area (Å²) in [5.74, 6) is 4.41. The predicted molar refractivity (Wildman–Crippen MR) is 124 cm³/mol. The minimum atomic E-state index is -0.582. The summed E-state index contributed by atoms with van der Waals surface area (Å²) in [6.07, 6.45) is 16.4. The molecule has 4 aliphatic carbocycles. The van der Waals surface area contributed by atoms with Gasteiger partial charge in [-0.3, -0.25) is 4.79 Å². The van der Waals surface area contributed by atoms with Gasteiger partial charge in [-0.05, 0) is 97.7 Å². The molecule has 3 saturated carbocycles. The molecule has 0 unspecified atom stereocenters. The second-order valence-electron chi connectivity index (χ2n) is 12.6. The van der Waals surface area contributed by atoms with Crippen LogP contribution in [0, 0.1) is 52.3 Å². The molecule has 0 aliphatic heterocycles. The fourth-order valence-corrected chi connectivity index (χ4v) is 8.90. The summed E-state index contributed by atoms with van der Waals surface area (Å²) in [5, 5.41) is 9.55. The normalized spacial score (nSPS) is 44.1. The van der Waals surface area contributed by atoms with Gasteiger partial charge >= 0.3 is 5.97 Å². The van der Waals surface area contributed by atoms with Crippen molar-refractivity contribution in [2.45, 2.75) is 105 Å². The van der Waals surface area contributed by atoms with E-state index in [1.54, 1.807) is 0 Å². The zero-order valence-electron chi connectivity index (χ0n) is 20.3. The van der Waals surface area contributed by atoms with Crippen LogP contribution in [0.2, 0.25) is 0 Å². The van der Waals surface area contributed by atoms with Gasteiger partial charge in [0.05, 0.1) is 5.92 Å². The van der Waals surface area contributed by atoms with Gasteiger partial charge in [0.25, 0.3) is 0 Å². The molecule has 3 fully saturated rings. The molecule has 4 aliphatic rings. The highest BCUT2D eigenvalue weighted by atomic mass is 16.4. The van der Waals surface area contributed by atoms with Crippen molar-refractivity contribution >= 4 is 5.97 Å². The van der Waals surface area contributed by atoms with Gasteiger partial charge in [0.15, 0.2) is 0 Å². The average Bonchev–Trinajstić information content (AvgIpc) is 3.04. The van der Waals surface area contributed by atoms with Crippen molar-refractivity contribution < 1.29 is 9.90 Å². The van der Waals surface area contributed by atoms with Crippen molar-refractivity contribution in [3.05, 3.63) is 11.6 Å². The molecule has 8 atom stereocenters. The Labute approximate surface area is 185 Å². The van der Waals surface area contributed by atoms with Crippen molar-refractivity contribution in [3.8, 4) is 0 Å². The number of hydrogen-bond donors (Lipinski definition) is 1. The lowest BCUT2D eigenvalue weighted by Crippen LogP contribution is -2.50. The predicted octanol–water partition coefficient (Wildman–Crippen LogP) is 7.73. The van der Waals surface area contributed by atoms with Crippen LogP contribution in [0.15, 0.2) is 11.6 Å². The number of allylic oxidation sites excluding steroid dienone is 2. The Morgan fingerprint density at radius 3 is 2.53 bits per heavy atom. The molecule has 0 amide bonds. The van der Waals surface area contributed by atoms with E-state index in [1.165, 1.54) is 56.9 Å². The Morgan fingerprint density at radius 1 is 1.07 bits per heavy atom. The van der Waals surface area contributed by atoms with E-state index in [4.69, 9.17) is 0 Å². The summed E-state index contributed by atoms with van der Waals surface area (Å²) >= 11 is 0. The molecule has 2 nitrogen and oxygen atoms in total. The van der Waals surface area contributed by atoms with E-state index in [0.717, 1.165) is 54.8 Å². The van der Waals surface area contributed by atoms with Gasteiger partial charge in [-0.1, -0.05) is 65.5 Å². The van der Waals surface area contributed by atoms with Gasteiger partial charge in [-0.2, -0.15) is 0 Å². The van der Waals surface area contributed by atoms with Gasteiger partial charge in [-0.15, -0.1) is 0 Å². The number of carboxylic acid groups (broad SMARTS) is 1. The van der Waals surface area contributed by atoms with Crippen LogP contribution in [0.25, 0.3) is 0 Å². The van der Waals surface area contributed by atoms with E-state index in [9.17, 15) is 9.90 Å². The van der Waals surface area contributed by atoms with Crippen molar-refractivity contribution in [2.24, 2.45) is 52.3 Å². The highest BCUT2D eigenvalue weighted by Crippen LogP contribution is 2.67. The standard InChI is InChI=1S/C28H46O2/c1-18(2)7-6-8-19(3)23-11-12-24-22-10-9-21-17-20(26(29)30)13-15-27(21,4)25(22)14-16-28(23,24)5/h9,18-20,22-25H,6-8,10-17H2,1-5H3,(H,29,30)/t19-,20-,22+,23-,24+,25+,27-,28+/m0/s1. The van der Waals surface area contributed by atoms with Gasteiger partial charge < -0.3 is 5.11 Å². The molecule has 0 bridgehead atoms. The van der Waals surface area contributed by atoms with Gasteiger partial charge in [-0.25, -0.2) is 0 Å². The van der Waals surface area contributed by atoms with Crippen LogP contribution in [0.4, 0.5) is 0 Å². The van der Waals surface area contributed by atoms with Crippen molar-refractivity contribution in [3.63, 3.8) is 0 Å². The summed E-state index contributed by atoms with van der Waals surface area (Å²) in [6.45, 7) is 12.4. The molecule has 0 aromatic carbocycles. The van der Waals surface area contributed by atoms with Gasteiger partial charge in [0.1, 0.15) is 0 Å². The number of carbonyl (C=O) groups is 1. The fraction of sp³-hybridized carbons (Fsp3) is 0.893. The van der Waals surface area contributed by atoms with Gasteiger partial charge in [0, 0.05) is 0 Å². The van der Waals surface area contributed by atoms with Crippen LogP contribution in [0.5, 0.6) is 0 Å². The first-order valence-electron chi connectivity index (χ1n) is 13.1. The SMILES string of the molecule is CC(C)CCC[C@H](C)[C@@H]1CC[C@@H]2[C@H]3CC=C4C[C@@H](C(=O)O)CC[C@]4(C)[C@@H]3CC[C@@]21C. The maximum Gasteiger partial charge on any atom is 0.306 e. The third-order valence-corrected chi connectivity index (χ3v) is 10.7.